The molecule has 0 amide bonds. The Morgan fingerprint density at radius 1 is 1.09 bits per heavy atom. The van der Waals surface area contributed by atoms with Crippen LogP contribution in [-0.2, 0) is 6.54 Å². The third kappa shape index (κ3) is 3.54. The zero-order valence-electron chi connectivity index (χ0n) is 19.4. The molecule has 0 aliphatic heterocycles. The molecule has 0 unspecified atom stereocenters. The number of aromatic nitrogens is 3. The Morgan fingerprint density at radius 2 is 1.85 bits per heavy atom. The number of hydrogen-bond donors (Lipinski definition) is 0. The lowest BCUT2D eigenvalue weighted by atomic mass is 10.0. The van der Waals surface area contributed by atoms with Gasteiger partial charge in [0.15, 0.2) is 5.58 Å². The molecule has 0 saturated carbocycles. The van der Waals surface area contributed by atoms with Gasteiger partial charge in [-0.2, -0.15) is 0 Å². The van der Waals surface area contributed by atoms with Crippen LogP contribution in [0, 0.1) is 13.8 Å². The predicted octanol–water partition coefficient (Wildman–Crippen LogP) is 5.09. The molecule has 3 aromatic heterocycles. The SMILES string of the molecule is Cc1noc(C)c1-c1ccc2c(c1)nc(CN(C)C)c1oc(=O)n([C@H](C)c3ccccc3)c12. The summed E-state index contributed by atoms with van der Waals surface area (Å²) >= 11 is 0. The molecule has 7 nitrogen and oxygen atoms in total. The first-order chi connectivity index (χ1) is 15.8. The Hall–Kier alpha value is -3.71. The van der Waals surface area contributed by atoms with Crippen LogP contribution in [0.25, 0.3) is 33.1 Å². The number of fused-ring (bicyclic) bond motifs is 3. The number of rotatable bonds is 5. The third-order valence-electron chi connectivity index (χ3n) is 6.07. The molecule has 0 radical (unpaired) electrons. The molecular weight excluding hydrogens is 416 g/mol. The van der Waals surface area contributed by atoms with Crippen LogP contribution < -0.4 is 5.76 Å². The summed E-state index contributed by atoms with van der Waals surface area (Å²) in [6.45, 7) is 6.40. The summed E-state index contributed by atoms with van der Waals surface area (Å²) in [5.74, 6) is 0.379. The second-order valence-electron chi connectivity index (χ2n) is 8.73. The van der Waals surface area contributed by atoms with Gasteiger partial charge in [0, 0.05) is 17.5 Å². The van der Waals surface area contributed by atoms with Crippen LogP contribution in [-0.4, -0.2) is 33.7 Å². The topological polar surface area (TPSA) is 77.3 Å². The number of hydrogen-bond acceptors (Lipinski definition) is 6. The van der Waals surface area contributed by atoms with E-state index in [-0.39, 0.29) is 11.8 Å². The fourth-order valence-electron chi connectivity index (χ4n) is 4.54. The van der Waals surface area contributed by atoms with Crippen molar-refractivity contribution in [2.24, 2.45) is 0 Å². The van der Waals surface area contributed by atoms with Gasteiger partial charge in [-0.3, -0.25) is 4.57 Å². The molecule has 3 heterocycles. The van der Waals surface area contributed by atoms with Crippen LogP contribution in [0.4, 0.5) is 0 Å². The van der Waals surface area contributed by atoms with Crippen molar-refractivity contribution in [3.63, 3.8) is 0 Å². The molecule has 168 valence electrons. The van der Waals surface area contributed by atoms with E-state index in [0.29, 0.717) is 12.1 Å². The summed E-state index contributed by atoms with van der Waals surface area (Å²) in [6, 6.07) is 15.8. The fraction of sp³-hybridized carbons (Fsp3) is 0.269. The number of aryl methyl sites for hydroxylation is 2. The first-order valence-corrected chi connectivity index (χ1v) is 11.0. The minimum absolute atomic E-state index is 0.194. The average Bonchev–Trinajstić information content (AvgIpc) is 3.32. The van der Waals surface area contributed by atoms with Crippen LogP contribution in [0.1, 0.15) is 35.7 Å². The average molecular weight is 443 g/mol. The van der Waals surface area contributed by atoms with Gasteiger partial charge < -0.3 is 13.8 Å². The lowest BCUT2D eigenvalue weighted by Crippen LogP contribution is -2.19. The third-order valence-corrected chi connectivity index (χ3v) is 6.07. The van der Waals surface area contributed by atoms with Crippen molar-refractivity contribution < 1.29 is 8.94 Å². The summed E-state index contributed by atoms with van der Waals surface area (Å²) in [6.07, 6.45) is 0. The minimum Gasteiger partial charge on any atom is -0.406 e. The molecule has 1 atom stereocenters. The highest BCUT2D eigenvalue weighted by Crippen LogP contribution is 2.34. The highest BCUT2D eigenvalue weighted by atomic mass is 16.5. The van der Waals surface area contributed by atoms with Gasteiger partial charge in [0.2, 0.25) is 0 Å². The summed E-state index contributed by atoms with van der Waals surface area (Å²) < 4.78 is 12.9. The van der Waals surface area contributed by atoms with E-state index >= 15 is 0 Å². The van der Waals surface area contributed by atoms with Gasteiger partial charge in [0.05, 0.1) is 17.3 Å². The first kappa shape index (κ1) is 21.2. The molecule has 0 fully saturated rings. The number of nitrogens with zero attached hydrogens (tertiary/aromatic N) is 4. The van der Waals surface area contributed by atoms with Crippen molar-refractivity contribution in [3.05, 3.63) is 81.8 Å². The van der Waals surface area contributed by atoms with Gasteiger partial charge in [-0.1, -0.05) is 41.6 Å². The molecule has 7 heteroatoms. The van der Waals surface area contributed by atoms with E-state index in [4.69, 9.17) is 13.9 Å². The van der Waals surface area contributed by atoms with Crippen molar-refractivity contribution >= 4 is 22.0 Å². The van der Waals surface area contributed by atoms with Crippen LogP contribution in [0.15, 0.2) is 62.3 Å². The molecule has 5 aromatic rings. The van der Waals surface area contributed by atoms with E-state index in [1.807, 2.05) is 88.3 Å². The van der Waals surface area contributed by atoms with Crippen LogP contribution in [0.5, 0.6) is 0 Å². The Morgan fingerprint density at radius 3 is 2.52 bits per heavy atom. The molecule has 0 N–H and O–H groups in total. The van der Waals surface area contributed by atoms with Gasteiger partial charge >= 0.3 is 5.76 Å². The van der Waals surface area contributed by atoms with Crippen molar-refractivity contribution in [3.8, 4) is 11.1 Å². The van der Waals surface area contributed by atoms with Crippen molar-refractivity contribution in [2.75, 3.05) is 14.1 Å². The van der Waals surface area contributed by atoms with E-state index in [2.05, 4.69) is 5.16 Å². The van der Waals surface area contributed by atoms with E-state index in [9.17, 15) is 4.79 Å². The predicted molar refractivity (Wildman–Crippen MR) is 128 cm³/mol. The van der Waals surface area contributed by atoms with Crippen LogP contribution in [0.3, 0.4) is 0 Å². The molecule has 33 heavy (non-hydrogen) atoms. The highest BCUT2D eigenvalue weighted by Gasteiger charge is 2.23. The molecule has 0 aliphatic rings. The normalized spacial score (nSPS) is 12.8. The maximum absolute atomic E-state index is 13.1. The Labute approximate surface area is 191 Å². The second kappa shape index (κ2) is 8.01. The monoisotopic (exact) mass is 442 g/mol. The molecule has 0 aliphatic carbocycles. The standard InChI is InChI=1S/C26H26N4O3/c1-15-23(17(3)33-28-15)19-11-12-20-21(13-19)27-22(14-29(4)5)25-24(20)30(26(31)32-25)16(2)18-9-7-6-8-10-18/h6-13,16H,14H2,1-5H3/t16-/m1/s1. The van der Waals surface area contributed by atoms with Crippen LogP contribution in [0.2, 0.25) is 0 Å². The number of oxazole rings is 1. The smallest absolute Gasteiger partial charge is 0.406 e. The Balaban J connectivity index is 1.82. The van der Waals surface area contributed by atoms with E-state index in [1.165, 1.54) is 0 Å². The molecule has 0 bridgehead atoms. The van der Waals surface area contributed by atoms with E-state index in [0.717, 1.165) is 50.3 Å². The van der Waals surface area contributed by atoms with E-state index < -0.39 is 0 Å². The van der Waals surface area contributed by atoms with E-state index in [1.54, 1.807) is 4.57 Å². The van der Waals surface area contributed by atoms with Crippen LogP contribution >= 0.6 is 0 Å². The summed E-state index contributed by atoms with van der Waals surface area (Å²) in [4.78, 5) is 20.1. The van der Waals surface area contributed by atoms with Gasteiger partial charge in [0.25, 0.3) is 0 Å². The lowest BCUT2D eigenvalue weighted by Gasteiger charge is -2.16. The minimum atomic E-state index is -0.384. The summed E-state index contributed by atoms with van der Waals surface area (Å²) in [5.41, 5.74) is 6.65. The molecule has 0 saturated heterocycles. The zero-order valence-corrected chi connectivity index (χ0v) is 19.4. The number of pyridine rings is 1. The summed E-state index contributed by atoms with van der Waals surface area (Å²) in [7, 11) is 3.94. The maximum atomic E-state index is 13.1. The van der Waals surface area contributed by atoms with Crippen molar-refractivity contribution in [1.82, 2.24) is 19.6 Å². The van der Waals surface area contributed by atoms with Crippen molar-refractivity contribution in [2.45, 2.75) is 33.4 Å². The molecule has 2 aromatic carbocycles. The van der Waals surface area contributed by atoms with Crippen molar-refractivity contribution in [1.29, 1.82) is 0 Å². The molecule has 5 rings (SSSR count). The first-order valence-electron chi connectivity index (χ1n) is 11.0. The largest absolute Gasteiger partial charge is 0.420 e. The van der Waals surface area contributed by atoms with Gasteiger partial charge in [0.1, 0.15) is 17.0 Å². The number of benzene rings is 2. The molecule has 0 spiro atoms. The van der Waals surface area contributed by atoms with Gasteiger partial charge in [-0.15, -0.1) is 0 Å². The lowest BCUT2D eigenvalue weighted by molar-refractivity contribution is 0.393. The highest BCUT2D eigenvalue weighted by molar-refractivity contribution is 6.04. The Kier molecular flexibility index (Phi) is 5.13. The molecular formula is C26H26N4O3. The quantitative estimate of drug-likeness (QED) is 0.378. The maximum Gasteiger partial charge on any atom is 0.420 e. The fourth-order valence-corrected chi connectivity index (χ4v) is 4.54. The second-order valence-corrected chi connectivity index (χ2v) is 8.73. The van der Waals surface area contributed by atoms with Gasteiger partial charge in [-0.25, -0.2) is 9.78 Å². The zero-order chi connectivity index (χ0) is 23.3. The summed E-state index contributed by atoms with van der Waals surface area (Å²) in [5, 5.41) is 4.96. The Bertz CT molecular complexity index is 1510. The van der Waals surface area contributed by atoms with Gasteiger partial charge in [-0.05, 0) is 58.1 Å².